The predicted molar refractivity (Wildman–Crippen MR) is 118 cm³/mol. The lowest BCUT2D eigenvalue weighted by atomic mass is 9.82. The minimum atomic E-state index is -0.700. The van der Waals surface area contributed by atoms with Crippen LogP contribution in [0.4, 0.5) is 0 Å². The molecule has 1 unspecified atom stereocenters. The fourth-order valence-corrected chi connectivity index (χ4v) is 3.93. The minimum Gasteiger partial charge on any atom is -0.494 e. The number of benzene rings is 3. The number of nitrogens with two attached hydrogens (primary N) is 1. The molecular formula is C24H23ClN2O2. The number of hydrogen-bond donors (Lipinski definition) is 1. The van der Waals surface area contributed by atoms with Crippen LogP contribution in [-0.4, -0.2) is 19.2 Å². The number of rotatable bonds is 5. The summed E-state index contributed by atoms with van der Waals surface area (Å²) in [5.41, 5.74) is 10.4. The first-order valence-electron chi connectivity index (χ1n) is 9.60. The van der Waals surface area contributed by atoms with E-state index in [0.29, 0.717) is 18.2 Å². The van der Waals surface area contributed by atoms with Crippen molar-refractivity contribution in [3.8, 4) is 16.9 Å². The summed E-state index contributed by atoms with van der Waals surface area (Å²) in [6.45, 7) is 4.99. The van der Waals surface area contributed by atoms with Crippen LogP contribution in [0.25, 0.3) is 11.1 Å². The number of ether oxygens (including phenoxy) is 2. The van der Waals surface area contributed by atoms with Crippen molar-refractivity contribution < 1.29 is 9.47 Å². The summed E-state index contributed by atoms with van der Waals surface area (Å²) in [6.07, 6.45) is 0. The summed E-state index contributed by atoms with van der Waals surface area (Å²) in [4.78, 5) is 4.73. The molecule has 4 nitrogen and oxygen atoms in total. The number of amidine groups is 1. The van der Waals surface area contributed by atoms with E-state index >= 15 is 0 Å². The molecule has 0 radical (unpaired) electrons. The molecular weight excluding hydrogens is 384 g/mol. The zero-order chi connectivity index (χ0) is 20.4. The molecule has 3 aromatic carbocycles. The second-order valence-electron chi connectivity index (χ2n) is 7.10. The second-order valence-corrected chi connectivity index (χ2v) is 7.54. The van der Waals surface area contributed by atoms with E-state index in [1.807, 2.05) is 56.3 Å². The fourth-order valence-electron chi connectivity index (χ4n) is 3.74. The van der Waals surface area contributed by atoms with Gasteiger partial charge in [-0.05, 0) is 72.0 Å². The summed E-state index contributed by atoms with van der Waals surface area (Å²) >= 11 is 6.19. The Kier molecular flexibility index (Phi) is 5.20. The Balaban J connectivity index is 1.83. The van der Waals surface area contributed by atoms with Crippen molar-refractivity contribution in [1.82, 2.24) is 0 Å². The molecule has 0 amide bonds. The Morgan fingerprint density at radius 1 is 1.03 bits per heavy atom. The maximum absolute atomic E-state index is 6.19. The van der Waals surface area contributed by atoms with Gasteiger partial charge in [0.15, 0.2) is 5.54 Å². The van der Waals surface area contributed by atoms with E-state index in [-0.39, 0.29) is 6.02 Å². The van der Waals surface area contributed by atoms with Crippen LogP contribution in [0.2, 0.25) is 5.02 Å². The SMILES string of the molecule is CCOc1ccc(C2(c3cccc(-c4cccc(Cl)c4)c3)COC(N)=N2)cc1C. The van der Waals surface area contributed by atoms with E-state index in [0.717, 1.165) is 33.6 Å². The van der Waals surface area contributed by atoms with Crippen molar-refractivity contribution in [2.75, 3.05) is 13.2 Å². The predicted octanol–water partition coefficient (Wildman–Crippen LogP) is 5.30. The molecule has 0 aromatic heterocycles. The zero-order valence-corrected chi connectivity index (χ0v) is 17.2. The lowest BCUT2D eigenvalue weighted by Crippen LogP contribution is -2.27. The van der Waals surface area contributed by atoms with Crippen molar-refractivity contribution in [2.45, 2.75) is 19.4 Å². The molecule has 148 valence electrons. The van der Waals surface area contributed by atoms with Gasteiger partial charge in [0.25, 0.3) is 6.02 Å². The Morgan fingerprint density at radius 3 is 2.41 bits per heavy atom. The zero-order valence-electron chi connectivity index (χ0n) is 16.5. The molecule has 0 spiro atoms. The fraction of sp³-hybridized carbons (Fsp3) is 0.208. The van der Waals surface area contributed by atoms with Gasteiger partial charge < -0.3 is 15.2 Å². The molecule has 2 N–H and O–H groups in total. The van der Waals surface area contributed by atoms with E-state index in [9.17, 15) is 0 Å². The standard InChI is InChI=1S/C24H23ClN2O2/c1-3-28-22-11-10-20(12-16(22)2)24(15-29-23(26)27-24)19-8-4-6-17(13-19)18-7-5-9-21(25)14-18/h4-14H,3,15H2,1-2H3,(H2,26,27). The molecule has 1 atom stereocenters. The average Bonchev–Trinajstić information content (AvgIpc) is 3.13. The lowest BCUT2D eigenvalue weighted by molar-refractivity contribution is 0.278. The number of halogens is 1. The van der Waals surface area contributed by atoms with Gasteiger partial charge in [-0.1, -0.05) is 48.0 Å². The smallest absolute Gasteiger partial charge is 0.283 e. The summed E-state index contributed by atoms with van der Waals surface area (Å²) in [6, 6.07) is 22.4. The van der Waals surface area contributed by atoms with Crippen LogP contribution in [0.1, 0.15) is 23.6 Å². The summed E-state index contributed by atoms with van der Waals surface area (Å²) in [5.74, 6) is 0.870. The highest BCUT2D eigenvalue weighted by atomic mass is 35.5. The van der Waals surface area contributed by atoms with Crippen molar-refractivity contribution >= 4 is 17.6 Å². The van der Waals surface area contributed by atoms with Gasteiger partial charge in [-0.15, -0.1) is 0 Å². The van der Waals surface area contributed by atoms with E-state index in [2.05, 4.69) is 24.3 Å². The molecule has 0 fully saturated rings. The first kappa shape index (κ1) is 19.3. The van der Waals surface area contributed by atoms with Crippen LogP contribution >= 0.6 is 11.6 Å². The summed E-state index contributed by atoms with van der Waals surface area (Å²) < 4.78 is 11.3. The molecule has 4 rings (SSSR count). The third kappa shape index (κ3) is 3.68. The van der Waals surface area contributed by atoms with Gasteiger partial charge in [-0.3, -0.25) is 0 Å². The van der Waals surface area contributed by atoms with E-state index < -0.39 is 5.54 Å². The van der Waals surface area contributed by atoms with Gasteiger partial charge in [-0.25, -0.2) is 4.99 Å². The maximum Gasteiger partial charge on any atom is 0.283 e. The lowest BCUT2D eigenvalue weighted by Gasteiger charge is -2.26. The maximum atomic E-state index is 6.19. The molecule has 1 aliphatic heterocycles. The highest BCUT2D eigenvalue weighted by Crippen LogP contribution is 2.40. The van der Waals surface area contributed by atoms with E-state index in [1.54, 1.807) is 0 Å². The van der Waals surface area contributed by atoms with Gasteiger partial charge in [-0.2, -0.15) is 0 Å². The molecule has 3 aromatic rings. The van der Waals surface area contributed by atoms with Gasteiger partial charge in [0.1, 0.15) is 12.4 Å². The van der Waals surface area contributed by atoms with Crippen LogP contribution in [0.15, 0.2) is 71.7 Å². The van der Waals surface area contributed by atoms with Crippen LogP contribution in [0.3, 0.4) is 0 Å². The monoisotopic (exact) mass is 406 g/mol. The van der Waals surface area contributed by atoms with Crippen LogP contribution in [-0.2, 0) is 10.3 Å². The Morgan fingerprint density at radius 2 is 1.76 bits per heavy atom. The van der Waals surface area contributed by atoms with Crippen LogP contribution < -0.4 is 10.5 Å². The van der Waals surface area contributed by atoms with E-state index in [1.165, 1.54) is 0 Å². The highest BCUT2D eigenvalue weighted by Gasteiger charge is 2.40. The molecule has 0 aliphatic carbocycles. The normalized spacial score (nSPS) is 18.2. The summed E-state index contributed by atoms with van der Waals surface area (Å²) in [5, 5.41) is 0.705. The van der Waals surface area contributed by atoms with Crippen molar-refractivity contribution in [2.24, 2.45) is 10.7 Å². The molecule has 0 saturated heterocycles. The summed E-state index contributed by atoms with van der Waals surface area (Å²) in [7, 11) is 0. The number of aryl methyl sites for hydroxylation is 1. The van der Waals surface area contributed by atoms with Gasteiger partial charge in [0.2, 0.25) is 0 Å². The van der Waals surface area contributed by atoms with Crippen molar-refractivity contribution in [3.05, 3.63) is 88.4 Å². The van der Waals surface area contributed by atoms with Gasteiger partial charge >= 0.3 is 0 Å². The largest absolute Gasteiger partial charge is 0.494 e. The Hall–Kier alpha value is -2.98. The first-order chi connectivity index (χ1) is 14.0. The number of nitrogens with zero attached hydrogens (tertiary/aromatic N) is 1. The second kappa shape index (κ2) is 7.80. The van der Waals surface area contributed by atoms with Crippen molar-refractivity contribution in [3.63, 3.8) is 0 Å². The molecule has 0 bridgehead atoms. The quantitative estimate of drug-likeness (QED) is 0.625. The van der Waals surface area contributed by atoms with Gasteiger partial charge in [0.05, 0.1) is 6.61 Å². The topological polar surface area (TPSA) is 56.8 Å². The Labute approximate surface area is 175 Å². The Bertz CT molecular complexity index is 1080. The average molecular weight is 407 g/mol. The number of hydrogen-bond acceptors (Lipinski definition) is 4. The van der Waals surface area contributed by atoms with Crippen LogP contribution in [0.5, 0.6) is 5.75 Å². The number of aliphatic imine (C=N–C) groups is 1. The van der Waals surface area contributed by atoms with E-state index in [4.69, 9.17) is 31.8 Å². The molecule has 1 heterocycles. The minimum absolute atomic E-state index is 0.199. The third-order valence-electron chi connectivity index (χ3n) is 5.18. The van der Waals surface area contributed by atoms with Crippen molar-refractivity contribution in [1.29, 1.82) is 0 Å². The molecule has 0 saturated carbocycles. The third-order valence-corrected chi connectivity index (χ3v) is 5.42. The highest BCUT2D eigenvalue weighted by molar-refractivity contribution is 6.30. The molecule has 5 heteroatoms. The molecule has 1 aliphatic rings. The van der Waals surface area contributed by atoms with Crippen LogP contribution in [0, 0.1) is 6.92 Å². The first-order valence-corrected chi connectivity index (χ1v) is 9.98. The van der Waals surface area contributed by atoms with Gasteiger partial charge in [0, 0.05) is 5.02 Å². The molecule has 29 heavy (non-hydrogen) atoms.